The predicted octanol–water partition coefficient (Wildman–Crippen LogP) is 4.52. The molecule has 2 saturated carbocycles. The molecule has 5 nitrogen and oxygen atoms in total. The summed E-state index contributed by atoms with van der Waals surface area (Å²) in [7, 11) is 1.55. The summed E-state index contributed by atoms with van der Waals surface area (Å²) >= 11 is 0. The molecule has 5 heteroatoms. The summed E-state index contributed by atoms with van der Waals surface area (Å²) in [5, 5.41) is 0. The van der Waals surface area contributed by atoms with Gasteiger partial charge in [0.05, 0.1) is 0 Å². The number of ether oxygens (including phenoxy) is 3. The number of carbonyl (C=O) groups excluding carboxylic acids is 2. The predicted molar refractivity (Wildman–Crippen MR) is 104 cm³/mol. The van der Waals surface area contributed by atoms with Crippen LogP contribution in [0, 0.1) is 23.7 Å². The molecule has 0 atom stereocenters. The molecule has 0 saturated heterocycles. The molecule has 0 N–H and O–H groups in total. The van der Waals surface area contributed by atoms with Crippen molar-refractivity contribution in [2.45, 2.75) is 84.2 Å². The maximum absolute atomic E-state index is 12.1. The topological polar surface area (TPSA) is 61.8 Å². The summed E-state index contributed by atoms with van der Waals surface area (Å²) in [6, 6.07) is 0. The number of methoxy groups -OCH3 is 1. The molecule has 2 aliphatic carbocycles. The van der Waals surface area contributed by atoms with E-state index in [-0.39, 0.29) is 25.2 Å². The Morgan fingerprint density at radius 2 is 1.11 bits per heavy atom. The second-order valence-electron chi connectivity index (χ2n) is 8.88. The van der Waals surface area contributed by atoms with Crippen LogP contribution in [0.1, 0.15) is 78.1 Å². The van der Waals surface area contributed by atoms with Gasteiger partial charge in [0.15, 0.2) is 0 Å². The lowest BCUT2D eigenvalue weighted by Gasteiger charge is -2.26. The molecule has 0 spiro atoms. The van der Waals surface area contributed by atoms with Gasteiger partial charge in [0.1, 0.15) is 19.3 Å². The zero-order valence-electron chi connectivity index (χ0n) is 17.4. The SMILES string of the molecule is COC(COC(=O)CC1CCC(C)CC1)COC(=O)CC1CCC(C)CC1. The van der Waals surface area contributed by atoms with Crippen LogP contribution in [0.2, 0.25) is 0 Å². The highest BCUT2D eigenvalue weighted by Gasteiger charge is 2.24. The lowest BCUT2D eigenvalue weighted by atomic mass is 9.81. The van der Waals surface area contributed by atoms with Crippen LogP contribution in [-0.4, -0.2) is 38.4 Å². The van der Waals surface area contributed by atoms with Gasteiger partial charge in [-0.15, -0.1) is 0 Å². The second kappa shape index (κ2) is 11.7. The fourth-order valence-electron chi connectivity index (χ4n) is 4.21. The molecular weight excluding hydrogens is 344 g/mol. The molecule has 0 amide bonds. The van der Waals surface area contributed by atoms with Gasteiger partial charge in [-0.2, -0.15) is 0 Å². The van der Waals surface area contributed by atoms with Crippen LogP contribution in [0.15, 0.2) is 0 Å². The maximum Gasteiger partial charge on any atom is 0.306 e. The molecule has 27 heavy (non-hydrogen) atoms. The van der Waals surface area contributed by atoms with Crippen LogP contribution < -0.4 is 0 Å². The summed E-state index contributed by atoms with van der Waals surface area (Å²) in [5.41, 5.74) is 0. The van der Waals surface area contributed by atoms with Gasteiger partial charge in [-0.25, -0.2) is 0 Å². The molecule has 2 rings (SSSR count). The fourth-order valence-corrected chi connectivity index (χ4v) is 4.21. The van der Waals surface area contributed by atoms with E-state index >= 15 is 0 Å². The van der Waals surface area contributed by atoms with Crippen molar-refractivity contribution in [3.63, 3.8) is 0 Å². The van der Waals surface area contributed by atoms with Gasteiger partial charge in [-0.3, -0.25) is 9.59 Å². The van der Waals surface area contributed by atoms with Gasteiger partial charge in [0.2, 0.25) is 0 Å². The molecule has 0 aliphatic heterocycles. The lowest BCUT2D eigenvalue weighted by molar-refractivity contribution is -0.155. The molecule has 0 aromatic carbocycles. The first-order valence-electron chi connectivity index (χ1n) is 10.8. The number of carbonyl (C=O) groups is 2. The van der Waals surface area contributed by atoms with Gasteiger partial charge in [-0.05, 0) is 49.4 Å². The molecule has 2 aliphatic rings. The van der Waals surface area contributed by atoms with Gasteiger partial charge < -0.3 is 14.2 Å². The van der Waals surface area contributed by atoms with Crippen LogP contribution in [0.25, 0.3) is 0 Å². The Kier molecular flexibility index (Phi) is 9.60. The van der Waals surface area contributed by atoms with Crippen molar-refractivity contribution in [3.05, 3.63) is 0 Å². The minimum atomic E-state index is -0.393. The van der Waals surface area contributed by atoms with Gasteiger partial charge in [0.25, 0.3) is 0 Å². The summed E-state index contributed by atoms with van der Waals surface area (Å²) < 4.78 is 16.0. The van der Waals surface area contributed by atoms with Crippen molar-refractivity contribution in [2.24, 2.45) is 23.7 Å². The first-order chi connectivity index (χ1) is 13.0. The molecular formula is C22H38O5. The van der Waals surface area contributed by atoms with Crippen LogP contribution in [0.3, 0.4) is 0 Å². The number of esters is 2. The molecule has 0 unspecified atom stereocenters. The third kappa shape index (κ3) is 8.63. The quantitative estimate of drug-likeness (QED) is 0.549. The van der Waals surface area contributed by atoms with Crippen molar-refractivity contribution in [1.29, 1.82) is 0 Å². The van der Waals surface area contributed by atoms with Gasteiger partial charge >= 0.3 is 11.9 Å². The van der Waals surface area contributed by atoms with Crippen molar-refractivity contribution < 1.29 is 23.8 Å². The summed E-state index contributed by atoms with van der Waals surface area (Å²) in [6.07, 6.45) is 9.85. The van der Waals surface area contributed by atoms with Crippen molar-refractivity contribution >= 4 is 11.9 Å². The molecule has 0 bridgehead atoms. The molecule has 0 heterocycles. The normalized spacial score (nSPS) is 29.7. The van der Waals surface area contributed by atoms with Gasteiger partial charge in [-0.1, -0.05) is 39.5 Å². The van der Waals surface area contributed by atoms with E-state index in [1.807, 2.05) is 0 Å². The van der Waals surface area contributed by atoms with Crippen molar-refractivity contribution in [1.82, 2.24) is 0 Å². The van der Waals surface area contributed by atoms with Crippen molar-refractivity contribution in [3.8, 4) is 0 Å². The molecule has 0 radical (unpaired) electrons. The first kappa shape index (κ1) is 22.2. The Morgan fingerprint density at radius 3 is 1.44 bits per heavy atom. The minimum absolute atomic E-state index is 0.146. The first-order valence-corrected chi connectivity index (χ1v) is 10.8. The second-order valence-corrected chi connectivity index (χ2v) is 8.88. The Balaban J connectivity index is 1.59. The van der Waals surface area contributed by atoms with Crippen LogP contribution in [0.4, 0.5) is 0 Å². The Morgan fingerprint density at radius 1 is 0.741 bits per heavy atom. The average Bonchev–Trinajstić information content (AvgIpc) is 2.65. The highest BCUT2D eigenvalue weighted by atomic mass is 16.6. The molecule has 2 fully saturated rings. The third-order valence-corrected chi connectivity index (χ3v) is 6.38. The fraction of sp³-hybridized carbons (Fsp3) is 0.909. The summed E-state index contributed by atoms with van der Waals surface area (Å²) in [4.78, 5) is 24.1. The summed E-state index contributed by atoms with van der Waals surface area (Å²) in [6.45, 7) is 4.83. The Bertz CT molecular complexity index is 408. The maximum atomic E-state index is 12.1. The van der Waals surface area contributed by atoms with Crippen LogP contribution in [0.5, 0.6) is 0 Å². The largest absolute Gasteiger partial charge is 0.463 e. The number of hydrogen-bond acceptors (Lipinski definition) is 5. The molecule has 156 valence electrons. The van der Waals surface area contributed by atoms with E-state index in [1.165, 1.54) is 25.7 Å². The van der Waals surface area contributed by atoms with Crippen molar-refractivity contribution in [2.75, 3.05) is 20.3 Å². The van der Waals surface area contributed by atoms with E-state index in [9.17, 15) is 9.59 Å². The molecule has 0 aromatic heterocycles. The van der Waals surface area contributed by atoms with Crippen LogP contribution >= 0.6 is 0 Å². The third-order valence-electron chi connectivity index (χ3n) is 6.38. The van der Waals surface area contributed by atoms with E-state index in [1.54, 1.807) is 7.11 Å². The highest BCUT2D eigenvalue weighted by molar-refractivity contribution is 5.70. The Labute approximate surface area is 164 Å². The monoisotopic (exact) mass is 382 g/mol. The van der Waals surface area contributed by atoms with E-state index in [2.05, 4.69) is 13.8 Å². The highest BCUT2D eigenvalue weighted by Crippen LogP contribution is 2.31. The standard InChI is InChI=1S/C22H38O5/c1-16-4-8-18(9-5-16)12-21(23)26-14-20(25-3)15-27-22(24)13-19-10-6-17(2)7-11-19/h16-20H,4-15H2,1-3H3. The van der Waals surface area contributed by atoms with E-state index in [4.69, 9.17) is 14.2 Å². The summed E-state index contributed by atoms with van der Waals surface area (Å²) in [5.74, 6) is 2.12. The molecule has 0 aromatic rings. The van der Waals surface area contributed by atoms with E-state index in [0.717, 1.165) is 37.5 Å². The average molecular weight is 383 g/mol. The number of hydrogen-bond donors (Lipinski definition) is 0. The minimum Gasteiger partial charge on any atom is -0.463 e. The van der Waals surface area contributed by atoms with E-state index in [0.29, 0.717) is 24.7 Å². The zero-order chi connectivity index (χ0) is 19.6. The number of rotatable bonds is 9. The lowest BCUT2D eigenvalue weighted by Crippen LogP contribution is -2.29. The van der Waals surface area contributed by atoms with Gasteiger partial charge in [0, 0.05) is 20.0 Å². The zero-order valence-corrected chi connectivity index (χ0v) is 17.4. The Hall–Kier alpha value is -1.10. The van der Waals surface area contributed by atoms with Crippen LogP contribution in [-0.2, 0) is 23.8 Å². The van der Waals surface area contributed by atoms with E-state index < -0.39 is 6.10 Å². The smallest absolute Gasteiger partial charge is 0.306 e.